The van der Waals surface area contributed by atoms with E-state index in [-0.39, 0.29) is 5.92 Å². The molecule has 1 fully saturated rings. The molecule has 0 N–H and O–H groups in total. The largest absolute Gasteiger partial charge is 0.381 e. The number of hydrogen-bond acceptors (Lipinski definition) is 7. The summed E-state index contributed by atoms with van der Waals surface area (Å²) in [7, 11) is 0. The highest BCUT2D eigenvalue weighted by Gasteiger charge is 2.24. The average molecular weight is 269 g/mol. The van der Waals surface area contributed by atoms with Gasteiger partial charge in [0.25, 0.3) is 5.89 Å². The molecule has 0 aromatic carbocycles. The summed E-state index contributed by atoms with van der Waals surface area (Å²) >= 11 is 3.20. The summed E-state index contributed by atoms with van der Waals surface area (Å²) in [6, 6.07) is 0. The predicted octanol–water partition coefficient (Wildman–Crippen LogP) is 2.42. The van der Waals surface area contributed by atoms with Gasteiger partial charge in [-0.2, -0.15) is 4.98 Å². The molecular weight excluding hydrogens is 258 g/mol. The first-order valence-corrected chi connectivity index (χ1v) is 7.38. The minimum absolute atomic E-state index is 0.270. The van der Waals surface area contributed by atoms with E-state index in [1.165, 1.54) is 0 Å². The molecule has 2 aromatic heterocycles. The molecule has 0 aliphatic carbocycles. The molecule has 0 spiro atoms. The zero-order chi connectivity index (χ0) is 11.7. The molecule has 0 radical (unpaired) electrons. The molecule has 17 heavy (non-hydrogen) atoms. The summed E-state index contributed by atoms with van der Waals surface area (Å²) in [5, 5.41) is 5.94. The van der Waals surface area contributed by atoms with E-state index in [1.807, 2.05) is 11.6 Å². The molecule has 2 aromatic rings. The number of rotatable bonds is 3. The first-order valence-electron chi connectivity index (χ1n) is 5.28. The number of thioether (sulfide) groups is 1. The monoisotopic (exact) mass is 269 g/mol. The average Bonchev–Trinajstić information content (AvgIpc) is 3.09. The Morgan fingerprint density at radius 1 is 1.47 bits per heavy atom. The van der Waals surface area contributed by atoms with Gasteiger partial charge in [-0.05, 0) is 12.7 Å². The van der Waals surface area contributed by atoms with Crippen LogP contribution < -0.4 is 0 Å². The Kier molecular flexibility index (Phi) is 3.13. The highest BCUT2D eigenvalue weighted by molar-refractivity contribution is 8.00. The van der Waals surface area contributed by atoms with Crippen LogP contribution in [0.2, 0.25) is 0 Å². The standard InChI is InChI=1S/C10H11N3O2S2/c1-16-10-11-7(5-17-10)9-12-8(13-15-9)6-2-3-14-4-6/h5-6H,2-4H2,1H3. The van der Waals surface area contributed by atoms with Gasteiger partial charge in [0.15, 0.2) is 5.82 Å². The number of thiazole rings is 1. The van der Waals surface area contributed by atoms with Crippen molar-refractivity contribution in [1.29, 1.82) is 0 Å². The highest BCUT2D eigenvalue weighted by atomic mass is 32.2. The molecule has 0 saturated carbocycles. The topological polar surface area (TPSA) is 61.0 Å². The van der Waals surface area contributed by atoms with E-state index in [9.17, 15) is 0 Å². The van der Waals surface area contributed by atoms with Crippen molar-refractivity contribution in [3.05, 3.63) is 11.2 Å². The van der Waals surface area contributed by atoms with E-state index in [4.69, 9.17) is 9.26 Å². The van der Waals surface area contributed by atoms with Crippen molar-refractivity contribution in [2.75, 3.05) is 19.5 Å². The van der Waals surface area contributed by atoms with E-state index < -0.39 is 0 Å². The van der Waals surface area contributed by atoms with Crippen molar-refractivity contribution >= 4 is 23.1 Å². The lowest BCUT2D eigenvalue weighted by Crippen LogP contribution is -1.99. The van der Waals surface area contributed by atoms with E-state index in [0.29, 0.717) is 12.5 Å². The fourth-order valence-electron chi connectivity index (χ4n) is 1.69. The molecule has 5 nitrogen and oxygen atoms in total. The van der Waals surface area contributed by atoms with Gasteiger partial charge in [0.2, 0.25) is 0 Å². The Balaban J connectivity index is 1.83. The maximum absolute atomic E-state index is 5.31. The predicted molar refractivity (Wildman–Crippen MR) is 65.4 cm³/mol. The summed E-state index contributed by atoms with van der Waals surface area (Å²) < 4.78 is 11.6. The molecule has 1 saturated heterocycles. The van der Waals surface area contributed by atoms with Crippen molar-refractivity contribution in [2.24, 2.45) is 0 Å². The molecule has 7 heteroatoms. The lowest BCUT2D eigenvalue weighted by atomic mass is 10.1. The van der Waals surface area contributed by atoms with Crippen molar-refractivity contribution in [3.63, 3.8) is 0 Å². The maximum Gasteiger partial charge on any atom is 0.277 e. The summed E-state index contributed by atoms with van der Waals surface area (Å²) in [6.45, 7) is 1.47. The molecule has 1 unspecified atom stereocenters. The first kappa shape index (κ1) is 11.2. The molecule has 0 amide bonds. The lowest BCUT2D eigenvalue weighted by Gasteiger charge is -1.97. The van der Waals surface area contributed by atoms with Crippen LogP contribution in [0.25, 0.3) is 11.6 Å². The molecule has 1 aliphatic rings. The first-order chi connectivity index (χ1) is 8.36. The Hall–Kier alpha value is -0.920. The minimum Gasteiger partial charge on any atom is -0.381 e. The highest BCUT2D eigenvalue weighted by Crippen LogP contribution is 2.28. The number of nitrogens with zero attached hydrogens (tertiary/aromatic N) is 3. The van der Waals surface area contributed by atoms with Crippen molar-refractivity contribution in [3.8, 4) is 11.6 Å². The Morgan fingerprint density at radius 2 is 2.41 bits per heavy atom. The SMILES string of the molecule is CSc1nc(-c2nc(C3CCOC3)no2)cs1. The zero-order valence-electron chi connectivity index (χ0n) is 9.25. The van der Waals surface area contributed by atoms with Crippen LogP contribution in [0.5, 0.6) is 0 Å². The van der Waals surface area contributed by atoms with E-state index >= 15 is 0 Å². The van der Waals surface area contributed by atoms with Gasteiger partial charge in [0.1, 0.15) is 10.0 Å². The summed E-state index contributed by atoms with van der Waals surface area (Å²) in [6.07, 6.45) is 2.96. The van der Waals surface area contributed by atoms with Gasteiger partial charge in [-0.25, -0.2) is 4.98 Å². The third-order valence-corrected chi connectivity index (χ3v) is 4.48. The second-order valence-electron chi connectivity index (χ2n) is 3.72. The second kappa shape index (κ2) is 4.75. The van der Waals surface area contributed by atoms with Gasteiger partial charge in [0.05, 0.1) is 6.61 Å². The Morgan fingerprint density at radius 3 is 3.12 bits per heavy atom. The molecule has 3 rings (SSSR count). The summed E-state index contributed by atoms with van der Waals surface area (Å²) in [5.74, 6) is 1.51. The molecule has 0 bridgehead atoms. The summed E-state index contributed by atoms with van der Waals surface area (Å²) in [5.41, 5.74) is 0.761. The van der Waals surface area contributed by atoms with Gasteiger partial charge >= 0.3 is 0 Å². The maximum atomic E-state index is 5.31. The van der Waals surface area contributed by atoms with Gasteiger partial charge < -0.3 is 9.26 Å². The fraction of sp³-hybridized carbons (Fsp3) is 0.500. The zero-order valence-corrected chi connectivity index (χ0v) is 10.9. The van der Waals surface area contributed by atoms with E-state index in [0.717, 1.165) is 28.9 Å². The van der Waals surface area contributed by atoms with Crippen LogP contribution in [0, 0.1) is 0 Å². The normalized spacial score (nSPS) is 19.9. The summed E-state index contributed by atoms with van der Waals surface area (Å²) in [4.78, 5) is 8.78. The minimum atomic E-state index is 0.270. The number of hydrogen-bond donors (Lipinski definition) is 0. The van der Waals surface area contributed by atoms with Crippen LogP contribution in [-0.4, -0.2) is 34.6 Å². The fourth-order valence-corrected chi connectivity index (χ4v) is 2.93. The third kappa shape index (κ3) is 2.22. The lowest BCUT2D eigenvalue weighted by molar-refractivity contribution is 0.192. The van der Waals surface area contributed by atoms with Crippen molar-refractivity contribution in [2.45, 2.75) is 16.7 Å². The van der Waals surface area contributed by atoms with E-state index in [2.05, 4.69) is 15.1 Å². The van der Waals surface area contributed by atoms with Crippen LogP contribution in [0.3, 0.4) is 0 Å². The Bertz CT molecular complexity index is 505. The van der Waals surface area contributed by atoms with Crippen LogP contribution in [-0.2, 0) is 4.74 Å². The molecule has 3 heterocycles. The Labute approximate surface area is 107 Å². The number of ether oxygens (including phenoxy) is 1. The van der Waals surface area contributed by atoms with Gasteiger partial charge in [-0.1, -0.05) is 16.9 Å². The van der Waals surface area contributed by atoms with Crippen LogP contribution in [0.1, 0.15) is 18.2 Å². The quantitative estimate of drug-likeness (QED) is 0.797. The molecular formula is C10H11N3O2S2. The van der Waals surface area contributed by atoms with Crippen LogP contribution in [0.4, 0.5) is 0 Å². The van der Waals surface area contributed by atoms with Gasteiger partial charge in [-0.3, -0.25) is 0 Å². The third-order valence-electron chi connectivity index (χ3n) is 2.61. The van der Waals surface area contributed by atoms with E-state index in [1.54, 1.807) is 23.1 Å². The number of aromatic nitrogens is 3. The van der Waals surface area contributed by atoms with Crippen LogP contribution in [0.15, 0.2) is 14.2 Å². The van der Waals surface area contributed by atoms with Crippen molar-refractivity contribution < 1.29 is 9.26 Å². The van der Waals surface area contributed by atoms with Gasteiger partial charge in [0, 0.05) is 17.9 Å². The molecule has 90 valence electrons. The van der Waals surface area contributed by atoms with Crippen molar-refractivity contribution in [1.82, 2.24) is 15.1 Å². The smallest absolute Gasteiger partial charge is 0.277 e. The molecule has 1 aliphatic heterocycles. The second-order valence-corrected chi connectivity index (χ2v) is 5.63. The van der Waals surface area contributed by atoms with Gasteiger partial charge in [-0.15, -0.1) is 11.3 Å². The van der Waals surface area contributed by atoms with Crippen LogP contribution >= 0.6 is 23.1 Å². The molecule has 1 atom stereocenters.